The number of carbonyl (C=O) groups is 2. The van der Waals surface area contributed by atoms with Gasteiger partial charge in [0.2, 0.25) is 0 Å². The molecule has 74 valence electrons. The molecule has 0 heterocycles. The van der Waals surface area contributed by atoms with Gasteiger partial charge in [-0.2, -0.15) is 0 Å². The molecule has 0 aromatic heterocycles. The second kappa shape index (κ2) is 4.23. The summed E-state index contributed by atoms with van der Waals surface area (Å²) in [5, 5.41) is 17.9. The first-order valence-corrected chi connectivity index (χ1v) is 4.52. The Balaban J connectivity index is 3.15. The molecule has 1 aromatic rings. The van der Waals surface area contributed by atoms with Gasteiger partial charge in [-0.25, -0.2) is 0 Å². The number of aromatic hydroxyl groups is 1. The molecule has 0 bridgehead atoms. The quantitative estimate of drug-likeness (QED) is 0.808. The van der Waals surface area contributed by atoms with Crippen LogP contribution < -0.4 is 0 Å². The van der Waals surface area contributed by atoms with Gasteiger partial charge in [-0.3, -0.25) is 9.59 Å². The molecular formula is C9H7BrO4. The van der Waals surface area contributed by atoms with Crippen LogP contribution >= 0.6 is 15.9 Å². The van der Waals surface area contributed by atoms with Gasteiger partial charge in [0.05, 0.1) is 16.5 Å². The zero-order valence-electron chi connectivity index (χ0n) is 7.03. The van der Waals surface area contributed by atoms with Crippen molar-refractivity contribution in [2.24, 2.45) is 0 Å². The Morgan fingerprint density at radius 1 is 1.50 bits per heavy atom. The first-order chi connectivity index (χ1) is 6.54. The molecule has 0 unspecified atom stereocenters. The molecule has 14 heavy (non-hydrogen) atoms. The highest BCUT2D eigenvalue weighted by Gasteiger charge is 2.09. The van der Waals surface area contributed by atoms with E-state index in [1.165, 1.54) is 12.1 Å². The van der Waals surface area contributed by atoms with E-state index < -0.39 is 5.97 Å². The summed E-state index contributed by atoms with van der Waals surface area (Å²) < 4.78 is 0.318. The Kier molecular flexibility index (Phi) is 3.24. The summed E-state index contributed by atoms with van der Waals surface area (Å²) in [5.41, 5.74) is 0.542. The van der Waals surface area contributed by atoms with Crippen molar-refractivity contribution in [2.75, 3.05) is 0 Å². The van der Waals surface area contributed by atoms with Crippen molar-refractivity contribution < 1.29 is 19.8 Å². The number of carboxylic acid groups (broad SMARTS) is 1. The highest BCUT2D eigenvalue weighted by Crippen LogP contribution is 2.28. The van der Waals surface area contributed by atoms with Crippen LogP contribution in [0.1, 0.15) is 15.9 Å². The molecule has 1 aromatic carbocycles. The molecule has 4 nitrogen and oxygen atoms in total. The molecule has 0 atom stereocenters. The van der Waals surface area contributed by atoms with Crippen LogP contribution in [0, 0.1) is 0 Å². The van der Waals surface area contributed by atoms with Gasteiger partial charge in [0.15, 0.2) is 6.29 Å². The third kappa shape index (κ3) is 2.32. The van der Waals surface area contributed by atoms with Gasteiger partial charge in [0, 0.05) is 0 Å². The molecule has 0 aliphatic rings. The zero-order chi connectivity index (χ0) is 10.7. The van der Waals surface area contributed by atoms with Gasteiger partial charge < -0.3 is 10.2 Å². The second-order valence-electron chi connectivity index (χ2n) is 2.70. The smallest absolute Gasteiger partial charge is 0.307 e. The van der Waals surface area contributed by atoms with E-state index in [-0.39, 0.29) is 17.7 Å². The van der Waals surface area contributed by atoms with E-state index in [1.807, 2.05) is 0 Å². The van der Waals surface area contributed by atoms with Gasteiger partial charge in [-0.05, 0) is 33.6 Å². The number of aldehydes is 1. The molecule has 0 saturated heterocycles. The Morgan fingerprint density at radius 2 is 2.14 bits per heavy atom. The topological polar surface area (TPSA) is 74.6 Å². The molecule has 0 aliphatic carbocycles. The van der Waals surface area contributed by atoms with Crippen molar-refractivity contribution in [1.29, 1.82) is 0 Å². The van der Waals surface area contributed by atoms with Crippen LogP contribution in [0.5, 0.6) is 5.75 Å². The van der Waals surface area contributed by atoms with Crippen molar-refractivity contribution in [3.63, 3.8) is 0 Å². The highest BCUT2D eigenvalue weighted by molar-refractivity contribution is 9.10. The molecule has 1 rings (SSSR count). The number of aliphatic carboxylic acids is 1. The molecule has 0 fully saturated rings. The van der Waals surface area contributed by atoms with E-state index in [0.717, 1.165) is 0 Å². The minimum atomic E-state index is -0.987. The SMILES string of the molecule is O=Cc1cc(CC(=O)O)cc(Br)c1O. The van der Waals surface area contributed by atoms with Crippen LogP contribution in [0.4, 0.5) is 0 Å². The van der Waals surface area contributed by atoms with E-state index in [4.69, 9.17) is 5.11 Å². The number of benzene rings is 1. The lowest BCUT2D eigenvalue weighted by Crippen LogP contribution is -2.00. The molecule has 5 heteroatoms. The lowest BCUT2D eigenvalue weighted by molar-refractivity contribution is -0.136. The fourth-order valence-electron chi connectivity index (χ4n) is 1.05. The van der Waals surface area contributed by atoms with Crippen LogP contribution in [0.25, 0.3) is 0 Å². The third-order valence-electron chi connectivity index (χ3n) is 1.63. The standard InChI is InChI=1S/C9H7BrO4/c10-7-2-5(3-8(12)13)1-6(4-11)9(7)14/h1-2,4,14H,3H2,(H,12,13). The maximum absolute atomic E-state index is 10.5. The largest absolute Gasteiger partial charge is 0.506 e. The molecule has 0 radical (unpaired) electrons. The monoisotopic (exact) mass is 258 g/mol. The summed E-state index contributed by atoms with van der Waals surface area (Å²) in [6.45, 7) is 0. The Bertz CT molecular complexity index is 387. The van der Waals surface area contributed by atoms with Crippen molar-refractivity contribution in [2.45, 2.75) is 6.42 Å². The molecule has 0 amide bonds. The van der Waals surface area contributed by atoms with Crippen LogP contribution in [-0.2, 0) is 11.2 Å². The average molecular weight is 259 g/mol. The lowest BCUT2D eigenvalue weighted by Gasteiger charge is -2.03. The van der Waals surface area contributed by atoms with Crippen LogP contribution in [0.15, 0.2) is 16.6 Å². The molecule has 0 saturated carbocycles. The Labute approximate surface area is 88.3 Å². The molecule has 2 N–H and O–H groups in total. The van der Waals surface area contributed by atoms with E-state index in [1.54, 1.807) is 0 Å². The summed E-state index contributed by atoms with van der Waals surface area (Å²) in [6, 6.07) is 2.82. The maximum Gasteiger partial charge on any atom is 0.307 e. The van der Waals surface area contributed by atoms with Crippen LogP contribution in [0.2, 0.25) is 0 Å². The summed E-state index contributed by atoms with van der Waals surface area (Å²) in [4.78, 5) is 20.9. The molecular weight excluding hydrogens is 252 g/mol. The van der Waals surface area contributed by atoms with Gasteiger partial charge >= 0.3 is 5.97 Å². The highest BCUT2D eigenvalue weighted by atomic mass is 79.9. The fraction of sp³-hybridized carbons (Fsp3) is 0.111. The van der Waals surface area contributed by atoms with Gasteiger partial charge in [0.25, 0.3) is 0 Å². The third-order valence-corrected chi connectivity index (χ3v) is 2.24. The number of phenolic OH excluding ortho intramolecular Hbond substituents is 1. The first-order valence-electron chi connectivity index (χ1n) is 3.73. The fourth-order valence-corrected chi connectivity index (χ4v) is 1.57. The number of halogens is 1. The van der Waals surface area contributed by atoms with Crippen LogP contribution in [0.3, 0.4) is 0 Å². The van der Waals surface area contributed by atoms with Crippen molar-refractivity contribution in [1.82, 2.24) is 0 Å². The van der Waals surface area contributed by atoms with E-state index >= 15 is 0 Å². The number of hydrogen-bond acceptors (Lipinski definition) is 3. The van der Waals surface area contributed by atoms with Gasteiger partial charge in [-0.15, -0.1) is 0 Å². The predicted molar refractivity (Wildman–Crippen MR) is 52.5 cm³/mol. The predicted octanol–water partition coefficient (Wildman–Crippen LogP) is 1.59. The minimum absolute atomic E-state index is 0.0793. The van der Waals surface area contributed by atoms with Crippen molar-refractivity contribution in [3.8, 4) is 5.75 Å². The summed E-state index contributed by atoms with van der Waals surface area (Å²) >= 11 is 3.03. The summed E-state index contributed by atoms with van der Waals surface area (Å²) in [6.07, 6.45) is 0.297. The summed E-state index contributed by atoms with van der Waals surface area (Å²) in [7, 11) is 0. The number of carbonyl (C=O) groups excluding carboxylic acids is 1. The van der Waals surface area contributed by atoms with E-state index in [0.29, 0.717) is 16.3 Å². The first kappa shape index (κ1) is 10.7. The molecule has 0 aliphatic heterocycles. The lowest BCUT2D eigenvalue weighted by atomic mass is 10.1. The normalized spacial score (nSPS) is 9.79. The average Bonchev–Trinajstić information content (AvgIpc) is 2.10. The van der Waals surface area contributed by atoms with Gasteiger partial charge in [0.1, 0.15) is 5.75 Å². The summed E-state index contributed by atoms with van der Waals surface area (Å²) in [5.74, 6) is -1.16. The van der Waals surface area contributed by atoms with Crippen LogP contribution in [-0.4, -0.2) is 22.5 Å². The van der Waals surface area contributed by atoms with E-state index in [2.05, 4.69) is 15.9 Å². The van der Waals surface area contributed by atoms with E-state index in [9.17, 15) is 14.7 Å². The Hall–Kier alpha value is -1.36. The number of hydrogen-bond donors (Lipinski definition) is 2. The van der Waals surface area contributed by atoms with Crippen molar-refractivity contribution in [3.05, 3.63) is 27.7 Å². The van der Waals surface area contributed by atoms with Gasteiger partial charge in [-0.1, -0.05) is 0 Å². The van der Waals surface area contributed by atoms with Crippen molar-refractivity contribution >= 4 is 28.2 Å². The minimum Gasteiger partial charge on any atom is -0.506 e. The number of carboxylic acids is 1. The Morgan fingerprint density at radius 3 is 2.64 bits per heavy atom. The number of rotatable bonds is 3. The zero-order valence-corrected chi connectivity index (χ0v) is 8.61. The maximum atomic E-state index is 10.5. The number of phenols is 1. The second-order valence-corrected chi connectivity index (χ2v) is 3.56. The molecule has 0 spiro atoms.